The van der Waals surface area contributed by atoms with Crippen LogP contribution in [0.2, 0.25) is 0 Å². The van der Waals surface area contributed by atoms with E-state index in [0.29, 0.717) is 31.4 Å². The third-order valence-corrected chi connectivity index (χ3v) is 4.97. The molecule has 1 aliphatic heterocycles. The molecule has 3 heterocycles. The molecule has 0 aromatic carbocycles. The van der Waals surface area contributed by atoms with Crippen LogP contribution in [0, 0.1) is 5.92 Å². The number of aromatic nitrogens is 1. The first-order chi connectivity index (χ1) is 11.6. The molecule has 1 saturated heterocycles. The third-order valence-electron chi connectivity index (χ3n) is 4.10. The lowest BCUT2D eigenvalue weighted by Gasteiger charge is -2.33. The average molecular weight is 348 g/mol. The monoisotopic (exact) mass is 348 g/mol. The number of thiazole rings is 1. The second-order valence-corrected chi connectivity index (χ2v) is 7.41. The van der Waals surface area contributed by atoms with Crippen LogP contribution in [-0.4, -0.2) is 35.5 Å². The second-order valence-electron chi connectivity index (χ2n) is 6.47. The maximum Gasteiger partial charge on any atom is 0.274 e. The van der Waals surface area contributed by atoms with Gasteiger partial charge in [0.05, 0.1) is 18.2 Å². The van der Waals surface area contributed by atoms with E-state index in [9.17, 15) is 4.79 Å². The fourth-order valence-electron chi connectivity index (χ4n) is 2.85. The van der Waals surface area contributed by atoms with E-state index >= 15 is 0 Å². The Kier molecular flexibility index (Phi) is 5.36. The van der Waals surface area contributed by atoms with Crippen LogP contribution in [0.5, 0.6) is 0 Å². The van der Waals surface area contributed by atoms with Crippen molar-refractivity contribution in [1.82, 2.24) is 9.88 Å². The molecule has 0 saturated carbocycles. The minimum atomic E-state index is -0.179. The molecule has 1 amide bonds. The normalized spacial score (nSPS) is 18.3. The van der Waals surface area contributed by atoms with E-state index in [4.69, 9.17) is 9.15 Å². The zero-order valence-electron chi connectivity index (χ0n) is 14.4. The molecule has 24 heavy (non-hydrogen) atoms. The highest BCUT2D eigenvalue weighted by Gasteiger charge is 2.32. The highest BCUT2D eigenvalue weighted by atomic mass is 32.1. The van der Waals surface area contributed by atoms with E-state index in [1.165, 1.54) is 0 Å². The summed E-state index contributed by atoms with van der Waals surface area (Å²) in [6, 6.07) is 3.74. The minimum absolute atomic E-state index is 0.0380. The van der Waals surface area contributed by atoms with Crippen molar-refractivity contribution in [1.29, 1.82) is 0 Å². The molecule has 130 valence electrons. The third kappa shape index (κ3) is 3.70. The lowest BCUT2D eigenvalue weighted by Crippen LogP contribution is -2.43. The van der Waals surface area contributed by atoms with Crippen LogP contribution in [0.3, 0.4) is 0 Å². The van der Waals surface area contributed by atoms with Gasteiger partial charge in [-0.25, -0.2) is 4.98 Å². The van der Waals surface area contributed by atoms with E-state index in [1.54, 1.807) is 11.3 Å². The maximum absolute atomic E-state index is 12.9. The number of morpholine rings is 1. The molecule has 1 fully saturated rings. The van der Waals surface area contributed by atoms with Crippen LogP contribution >= 0.6 is 11.3 Å². The molecule has 0 spiro atoms. The number of ether oxygens (including phenoxy) is 1. The number of amides is 1. The van der Waals surface area contributed by atoms with Gasteiger partial charge < -0.3 is 14.1 Å². The smallest absolute Gasteiger partial charge is 0.274 e. The van der Waals surface area contributed by atoms with Crippen molar-refractivity contribution in [2.45, 2.75) is 39.7 Å². The maximum atomic E-state index is 12.9. The number of furan rings is 1. The molecule has 1 aliphatic rings. The first kappa shape index (κ1) is 17.2. The van der Waals surface area contributed by atoms with Gasteiger partial charge in [-0.1, -0.05) is 20.8 Å². The molecule has 0 radical (unpaired) electrons. The van der Waals surface area contributed by atoms with Crippen molar-refractivity contribution < 1.29 is 13.9 Å². The van der Waals surface area contributed by atoms with Crippen LogP contribution in [0.1, 0.15) is 53.8 Å². The highest BCUT2D eigenvalue weighted by Crippen LogP contribution is 2.28. The van der Waals surface area contributed by atoms with Gasteiger partial charge in [-0.3, -0.25) is 4.79 Å². The van der Waals surface area contributed by atoms with E-state index in [2.05, 4.69) is 25.8 Å². The predicted molar refractivity (Wildman–Crippen MR) is 93.3 cm³/mol. The Morgan fingerprint density at radius 3 is 3.00 bits per heavy atom. The van der Waals surface area contributed by atoms with Gasteiger partial charge in [0.2, 0.25) is 0 Å². The zero-order valence-corrected chi connectivity index (χ0v) is 15.3. The Hall–Kier alpha value is -1.66. The van der Waals surface area contributed by atoms with Gasteiger partial charge in [0.1, 0.15) is 23.3 Å². The summed E-state index contributed by atoms with van der Waals surface area (Å²) in [7, 11) is 0. The predicted octanol–water partition coefficient (Wildman–Crippen LogP) is 3.71. The van der Waals surface area contributed by atoms with Gasteiger partial charge in [0.25, 0.3) is 5.91 Å². The summed E-state index contributed by atoms with van der Waals surface area (Å²) in [5.74, 6) is 2.21. The van der Waals surface area contributed by atoms with Gasteiger partial charge in [-0.05, 0) is 18.1 Å². The molecule has 1 unspecified atom stereocenters. The number of hydrogen-bond donors (Lipinski definition) is 0. The molecule has 6 heteroatoms. The molecule has 0 aliphatic carbocycles. The molecule has 1 atom stereocenters. The Balaban J connectivity index is 1.79. The number of hydrogen-bond acceptors (Lipinski definition) is 5. The summed E-state index contributed by atoms with van der Waals surface area (Å²) in [6.07, 6.45) is 1.74. The van der Waals surface area contributed by atoms with E-state index in [0.717, 1.165) is 29.4 Å². The summed E-state index contributed by atoms with van der Waals surface area (Å²) in [6.45, 7) is 7.93. The minimum Gasteiger partial charge on any atom is -0.464 e. The van der Waals surface area contributed by atoms with Gasteiger partial charge in [0.15, 0.2) is 0 Å². The molecule has 0 N–H and O–H groups in total. The van der Waals surface area contributed by atoms with Crippen molar-refractivity contribution in [2.24, 2.45) is 5.92 Å². The largest absolute Gasteiger partial charge is 0.464 e. The molecule has 5 nitrogen and oxygen atoms in total. The lowest BCUT2D eigenvalue weighted by molar-refractivity contribution is -0.00927. The number of aryl methyl sites for hydroxylation is 1. The van der Waals surface area contributed by atoms with E-state index in [-0.39, 0.29) is 11.9 Å². The van der Waals surface area contributed by atoms with Crippen LogP contribution < -0.4 is 0 Å². The van der Waals surface area contributed by atoms with Gasteiger partial charge >= 0.3 is 0 Å². The van der Waals surface area contributed by atoms with Gasteiger partial charge in [-0.2, -0.15) is 0 Å². The van der Waals surface area contributed by atoms with Crippen LogP contribution in [-0.2, 0) is 17.6 Å². The summed E-state index contributed by atoms with van der Waals surface area (Å²) >= 11 is 1.56. The first-order valence-electron chi connectivity index (χ1n) is 8.50. The number of nitrogens with zero attached hydrogens (tertiary/aromatic N) is 2. The van der Waals surface area contributed by atoms with Crippen molar-refractivity contribution in [3.63, 3.8) is 0 Å². The number of carbonyl (C=O) groups is 1. The van der Waals surface area contributed by atoms with E-state index < -0.39 is 0 Å². The Morgan fingerprint density at radius 1 is 1.46 bits per heavy atom. The fraction of sp³-hybridized carbons (Fsp3) is 0.556. The standard InChI is InChI=1S/C18H24N2O3S/c1-4-13-5-6-16(23-13)15-10-22-8-7-20(15)18(21)14-11-24-17(19-14)9-12(2)3/h5-6,11-12,15H,4,7-10H2,1-3H3. The molecule has 2 aromatic heterocycles. The lowest BCUT2D eigenvalue weighted by atomic mass is 10.1. The van der Waals surface area contributed by atoms with Gasteiger partial charge in [0, 0.05) is 24.8 Å². The summed E-state index contributed by atoms with van der Waals surface area (Å²) in [5.41, 5.74) is 0.532. The van der Waals surface area contributed by atoms with Crippen molar-refractivity contribution in [3.8, 4) is 0 Å². The summed E-state index contributed by atoms with van der Waals surface area (Å²) in [5, 5.41) is 2.89. The van der Waals surface area contributed by atoms with Crippen molar-refractivity contribution in [2.75, 3.05) is 19.8 Å². The highest BCUT2D eigenvalue weighted by molar-refractivity contribution is 7.09. The summed E-state index contributed by atoms with van der Waals surface area (Å²) < 4.78 is 11.4. The summed E-state index contributed by atoms with van der Waals surface area (Å²) in [4.78, 5) is 19.3. The van der Waals surface area contributed by atoms with Crippen LogP contribution in [0.4, 0.5) is 0 Å². The Morgan fingerprint density at radius 2 is 2.29 bits per heavy atom. The number of carbonyl (C=O) groups excluding carboxylic acids is 1. The molecule has 0 bridgehead atoms. The van der Waals surface area contributed by atoms with Crippen molar-refractivity contribution in [3.05, 3.63) is 39.7 Å². The molecule has 2 aromatic rings. The second kappa shape index (κ2) is 7.49. The quantitative estimate of drug-likeness (QED) is 0.826. The van der Waals surface area contributed by atoms with Crippen LogP contribution in [0.25, 0.3) is 0 Å². The van der Waals surface area contributed by atoms with Crippen molar-refractivity contribution >= 4 is 17.2 Å². The number of rotatable bonds is 5. The fourth-order valence-corrected chi connectivity index (χ4v) is 3.83. The zero-order chi connectivity index (χ0) is 17.1. The topological polar surface area (TPSA) is 55.6 Å². The Bertz CT molecular complexity index is 692. The Labute approximate surface area is 146 Å². The molecule has 3 rings (SSSR count). The van der Waals surface area contributed by atoms with Crippen LogP contribution in [0.15, 0.2) is 21.9 Å². The SMILES string of the molecule is CCc1ccc(C2COCCN2C(=O)c2csc(CC(C)C)n2)o1. The van der Waals surface area contributed by atoms with Gasteiger partial charge in [-0.15, -0.1) is 11.3 Å². The first-order valence-corrected chi connectivity index (χ1v) is 9.38. The average Bonchev–Trinajstić information content (AvgIpc) is 3.23. The molecular formula is C18H24N2O3S. The molecular weight excluding hydrogens is 324 g/mol. The van der Waals surface area contributed by atoms with E-state index in [1.807, 2.05) is 22.4 Å².